The molecule has 1 aliphatic rings. The molecule has 5 nitrogen and oxygen atoms in total. The highest BCUT2D eigenvalue weighted by molar-refractivity contribution is 6.14. The zero-order valence-electron chi connectivity index (χ0n) is 19.3. The second-order valence-electron chi connectivity index (χ2n) is 8.22. The quantitative estimate of drug-likeness (QED) is 0.346. The lowest BCUT2D eigenvalue weighted by atomic mass is 9.89. The Bertz CT molecular complexity index is 1320. The van der Waals surface area contributed by atoms with Gasteiger partial charge in [0.1, 0.15) is 17.5 Å². The van der Waals surface area contributed by atoms with Gasteiger partial charge in [0.2, 0.25) is 0 Å². The maximum absolute atomic E-state index is 14.0. The third-order valence-electron chi connectivity index (χ3n) is 6.03. The number of amides is 1. The fourth-order valence-electron chi connectivity index (χ4n) is 4.41. The van der Waals surface area contributed by atoms with E-state index in [1.807, 2.05) is 85.8 Å². The van der Waals surface area contributed by atoms with E-state index < -0.39 is 12.1 Å². The van der Waals surface area contributed by atoms with Gasteiger partial charge in [-0.05, 0) is 61.0 Å². The van der Waals surface area contributed by atoms with Gasteiger partial charge in [-0.15, -0.1) is 0 Å². The highest BCUT2D eigenvalue weighted by Crippen LogP contribution is 2.40. The molecule has 1 aliphatic heterocycles. The highest BCUT2D eigenvalue weighted by Gasteiger charge is 2.44. The normalized spacial score (nSPS) is 16.7. The Morgan fingerprint density at radius 2 is 1.46 bits per heavy atom. The highest BCUT2D eigenvalue weighted by atomic mass is 16.5. The van der Waals surface area contributed by atoms with Crippen molar-refractivity contribution in [2.45, 2.75) is 19.1 Å². The molecule has 5 heteroatoms. The van der Waals surface area contributed by atoms with Crippen LogP contribution in [0.15, 0.2) is 109 Å². The van der Waals surface area contributed by atoms with Gasteiger partial charge in [-0.1, -0.05) is 60.7 Å². The molecule has 1 heterocycles. The molecular formula is C30H25NO4. The van der Waals surface area contributed by atoms with Crippen LogP contribution in [0.5, 0.6) is 11.5 Å². The molecule has 1 amide bonds. The number of carbonyl (C=O) groups is 2. The molecule has 2 atom stereocenters. The lowest BCUT2D eigenvalue weighted by molar-refractivity contribution is 0.0730. The fraction of sp³-hybridized carbons (Fsp3) is 0.133. The Morgan fingerprint density at radius 1 is 0.829 bits per heavy atom. The maximum atomic E-state index is 14.0. The van der Waals surface area contributed by atoms with E-state index in [9.17, 15) is 9.59 Å². The number of anilines is 1. The summed E-state index contributed by atoms with van der Waals surface area (Å²) < 4.78 is 12.0. The van der Waals surface area contributed by atoms with E-state index in [1.54, 1.807) is 35.2 Å². The molecule has 4 aromatic carbocycles. The summed E-state index contributed by atoms with van der Waals surface area (Å²) in [6.45, 7) is 2.48. The molecule has 174 valence electrons. The molecule has 2 unspecified atom stereocenters. The van der Waals surface area contributed by atoms with Crippen molar-refractivity contribution >= 4 is 17.4 Å². The monoisotopic (exact) mass is 463 g/mol. The third kappa shape index (κ3) is 4.41. The topological polar surface area (TPSA) is 55.8 Å². The van der Waals surface area contributed by atoms with Crippen LogP contribution in [-0.4, -0.2) is 24.3 Å². The van der Waals surface area contributed by atoms with Crippen molar-refractivity contribution in [1.82, 2.24) is 0 Å². The number of ether oxygens (including phenoxy) is 2. The van der Waals surface area contributed by atoms with E-state index in [4.69, 9.17) is 9.47 Å². The lowest BCUT2D eigenvalue weighted by Crippen LogP contribution is -2.52. The number of fused-ring (bicyclic) bond motifs is 1. The van der Waals surface area contributed by atoms with Crippen molar-refractivity contribution in [1.29, 1.82) is 0 Å². The number of hydrogen-bond acceptors (Lipinski definition) is 4. The number of hydrogen-bond donors (Lipinski definition) is 0. The first-order valence-electron chi connectivity index (χ1n) is 11.6. The fourth-order valence-corrected chi connectivity index (χ4v) is 4.41. The van der Waals surface area contributed by atoms with Gasteiger partial charge in [-0.25, -0.2) is 0 Å². The number of ketones is 1. The molecule has 5 rings (SSSR count). The van der Waals surface area contributed by atoms with Gasteiger partial charge in [0.15, 0.2) is 11.9 Å². The molecule has 0 bridgehead atoms. The lowest BCUT2D eigenvalue weighted by Gasteiger charge is -2.39. The third-order valence-corrected chi connectivity index (χ3v) is 6.03. The molecule has 0 fully saturated rings. The first-order valence-corrected chi connectivity index (χ1v) is 11.6. The number of carbonyl (C=O) groups excluding carboxylic acids is 2. The van der Waals surface area contributed by atoms with Crippen molar-refractivity contribution in [2.75, 3.05) is 11.5 Å². The van der Waals surface area contributed by atoms with Crippen molar-refractivity contribution in [2.24, 2.45) is 0 Å². The van der Waals surface area contributed by atoms with Gasteiger partial charge in [0.25, 0.3) is 5.91 Å². The molecule has 0 aliphatic carbocycles. The van der Waals surface area contributed by atoms with Crippen molar-refractivity contribution in [3.05, 3.63) is 126 Å². The Balaban J connectivity index is 1.66. The molecular weight excluding hydrogens is 438 g/mol. The second-order valence-corrected chi connectivity index (χ2v) is 8.22. The van der Waals surface area contributed by atoms with E-state index in [1.165, 1.54) is 0 Å². The molecule has 0 aromatic heterocycles. The second kappa shape index (κ2) is 9.85. The van der Waals surface area contributed by atoms with Crippen LogP contribution in [0.3, 0.4) is 0 Å². The predicted molar refractivity (Wildman–Crippen MR) is 135 cm³/mol. The van der Waals surface area contributed by atoms with Gasteiger partial charge < -0.3 is 9.47 Å². The number of Topliss-reactive ketones (excluding diaryl/α,β-unsaturated/α-hetero) is 1. The van der Waals surface area contributed by atoms with E-state index >= 15 is 0 Å². The summed E-state index contributed by atoms with van der Waals surface area (Å²) in [7, 11) is 0. The molecule has 0 radical (unpaired) electrons. The first kappa shape index (κ1) is 22.4. The minimum absolute atomic E-state index is 0.168. The Kier molecular flexibility index (Phi) is 6.31. The van der Waals surface area contributed by atoms with Gasteiger partial charge in [-0.3, -0.25) is 14.5 Å². The zero-order valence-corrected chi connectivity index (χ0v) is 19.3. The summed E-state index contributed by atoms with van der Waals surface area (Å²) in [6, 6.07) is 32.0. The standard InChI is InChI=1S/C30H25NO4/c1-2-34-24-19-17-21(18-20-24)29-27(28(32)25-15-9-10-16-26(25)35-29)31(23-13-7-4-8-14-23)30(33)22-11-5-3-6-12-22/h3-20,27,29H,2H2,1H3. The summed E-state index contributed by atoms with van der Waals surface area (Å²) >= 11 is 0. The van der Waals surface area contributed by atoms with Crippen molar-refractivity contribution in [3.8, 4) is 11.5 Å². The van der Waals surface area contributed by atoms with Crippen LogP contribution >= 0.6 is 0 Å². The molecule has 0 saturated carbocycles. The van der Waals surface area contributed by atoms with Crippen LogP contribution in [0.1, 0.15) is 39.3 Å². The summed E-state index contributed by atoms with van der Waals surface area (Å²) in [6.07, 6.45) is -0.707. The van der Waals surface area contributed by atoms with Gasteiger partial charge in [-0.2, -0.15) is 0 Å². The number of para-hydroxylation sites is 2. The van der Waals surface area contributed by atoms with Gasteiger partial charge >= 0.3 is 0 Å². The average Bonchev–Trinajstić information content (AvgIpc) is 2.92. The maximum Gasteiger partial charge on any atom is 0.259 e. The largest absolute Gasteiger partial charge is 0.494 e. The zero-order chi connectivity index (χ0) is 24.2. The van der Waals surface area contributed by atoms with Gasteiger partial charge in [0.05, 0.1) is 12.2 Å². The summed E-state index contributed by atoms with van der Waals surface area (Å²) in [5.41, 5.74) is 2.36. The number of benzene rings is 4. The van der Waals surface area contributed by atoms with Crippen LogP contribution in [0, 0.1) is 0 Å². The molecule has 0 spiro atoms. The average molecular weight is 464 g/mol. The predicted octanol–water partition coefficient (Wildman–Crippen LogP) is 6.12. The van der Waals surface area contributed by atoms with Crippen LogP contribution < -0.4 is 14.4 Å². The van der Waals surface area contributed by atoms with Crippen LogP contribution in [0.25, 0.3) is 0 Å². The van der Waals surface area contributed by atoms with E-state index in [-0.39, 0.29) is 11.7 Å². The van der Waals surface area contributed by atoms with Gasteiger partial charge in [0, 0.05) is 11.3 Å². The molecule has 4 aromatic rings. The Labute approximate surface area is 204 Å². The summed E-state index contributed by atoms with van der Waals surface area (Å²) in [4.78, 5) is 29.5. The van der Waals surface area contributed by atoms with Crippen molar-refractivity contribution in [3.63, 3.8) is 0 Å². The minimum atomic E-state index is -0.905. The molecule has 0 N–H and O–H groups in total. The molecule has 35 heavy (non-hydrogen) atoms. The number of rotatable bonds is 6. The van der Waals surface area contributed by atoms with E-state index in [0.717, 1.165) is 11.3 Å². The Morgan fingerprint density at radius 3 is 2.14 bits per heavy atom. The minimum Gasteiger partial charge on any atom is -0.494 e. The van der Waals surface area contributed by atoms with Crippen LogP contribution in [0.4, 0.5) is 5.69 Å². The summed E-state index contributed by atoms with van der Waals surface area (Å²) in [5, 5.41) is 0. The summed E-state index contributed by atoms with van der Waals surface area (Å²) in [5.74, 6) is 0.802. The van der Waals surface area contributed by atoms with E-state index in [0.29, 0.717) is 29.2 Å². The smallest absolute Gasteiger partial charge is 0.259 e. The number of nitrogens with zero attached hydrogens (tertiary/aromatic N) is 1. The molecule has 0 saturated heterocycles. The van der Waals surface area contributed by atoms with E-state index in [2.05, 4.69) is 0 Å². The first-order chi connectivity index (χ1) is 17.2. The SMILES string of the molecule is CCOc1ccc(C2Oc3ccccc3C(=O)C2N(C(=O)c2ccccc2)c2ccccc2)cc1. The van der Waals surface area contributed by atoms with Crippen LogP contribution in [-0.2, 0) is 0 Å². The Hall–Kier alpha value is -4.38. The van der Waals surface area contributed by atoms with Crippen molar-refractivity contribution < 1.29 is 19.1 Å². The van der Waals surface area contributed by atoms with Crippen LogP contribution in [0.2, 0.25) is 0 Å².